The third-order valence-corrected chi connectivity index (χ3v) is 4.75. The highest BCUT2D eigenvalue weighted by Crippen LogP contribution is 2.25. The standard InChI is InChI=1S/C21H24Cl2N2O2.2ClH/c1-24(2)12-16-9-14(10-17(21(16)27)13-25(3)4)5-8-20(26)15-6-7-18(22)19(23)11-15;;/h5-11,27H,12-13H2,1-4H3;2*1H/b8-5+;;. The predicted molar refractivity (Wildman–Crippen MR) is 111 cm³/mol. The lowest BCUT2D eigenvalue weighted by molar-refractivity contribution is -0.873. The fourth-order valence-electron chi connectivity index (χ4n) is 2.83. The predicted octanol–water partition coefficient (Wildman–Crippen LogP) is -4.11. The molecule has 0 saturated carbocycles. The van der Waals surface area contributed by atoms with E-state index in [1.807, 2.05) is 40.3 Å². The van der Waals surface area contributed by atoms with Crippen LogP contribution >= 0.6 is 23.2 Å². The van der Waals surface area contributed by atoms with E-state index in [-0.39, 0.29) is 30.6 Å². The van der Waals surface area contributed by atoms with Crippen molar-refractivity contribution < 1.29 is 44.5 Å². The Hall–Kier alpha value is -1.27. The van der Waals surface area contributed by atoms with E-state index >= 15 is 0 Å². The van der Waals surface area contributed by atoms with E-state index in [9.17, 15) is 9.90 Å². The van der Waals surface area contributed by atoms with Crippen LogP contribution in [0.15, 0.2) is 36.4 Å². The molecule has 0 spiro atoms. The number of rotatable bonds is 7. The first kappa shape index (κ1) is 27.7. The zero-order chi connectivity index (χ0) is 20.1. The number of phenolic OH excluding ortho intramolecular Hbond substituents is 1. The van der Waals surface area contributed by atoms with Crippen molar-refractivity contribution in [1.29, 1.82) is 0 Å². The molecule has 8 heteroatoms. The molecule has 0 heterocycles. The van der Waals surface area contributed by atoms with Crippen LogP contribution in [0.3, 0.4) is 0 Å². The van der Waals surface area contributed by atoms with Gasteiger partial charge in [0, 0.05) is 16.7 Å². The Labute approximate surface area is 194 Å². The van der Waals surface area contributed by atoms with Crippen LogP contribution in [-0.2, 0) is 13.1 Å². The number of carbonyl (C=O) groups excluding carboxylic acids is 1. The van der Waals surface area contributed by atoms with E-state index in [0.717, 1.165) is 16.7 Å². The Balaban J connectivity index is 0.00000392. The summed E-state index contributed by atoms with van der Waals surface area (Å²) in [6.45, 7) is 1.40. The second kappa shape index (κ2) is 12.4. The average Bonchev–Trinajstić information content (AvgIpc) is 2.58. The Morgan fingerprint density at radius 3 is 1.90 bits per heavy atom. The molecule has 0 saturated heterocycles. The number of allylic oxidation sites excluding steroid dienone is 1. The Kier molecular flexibility index (Phi) is 11.9. The van der Waals surface area contributed by atoms with Crippen molar-refractivity contribution in [2.24, 2.45) is 0 Å². The number of benzene rings is 2. The van der Waals surface area contributed by atoms with Crippen LogP contribution in [0.5, 0.6) is 5.75 Å². The third kappa shape index (κ3) is 8.17. The molecule has 2 aromatic carbocycles. The van der Waals surface area contributed by atoms with Gasteiger partial charge in [-0.3, -0.25) is 4.79 Å². The molecule has 0 unspecified atom stereocenters. The third-order valence-electron chi connectivity index (χ3n) is 4.01. The topological polar surface area (TPSA) is 46.2 Å². The number of carbonyl (C=O) groups is 1. The van der Waals surface area contributed by atoms with E-state index in [2.05, 4.69) is 0 Å². The van der Waals surface area contributed by atoms with Crippen molar-refractivity contribution in [3.8, 4) is 5.75 Å². The van der Waals surface area contributed by atoms with Crippen molar-refractivity contribution in [2.45, 2.75) is 13.1 Å². The second-order valence-corrected chi connectivity index (χ2v) is 8.10. The van der Waals surface area contributed by atoms with E-state index in [1.54, 1.807) is 24.3 Å². The highest BCUT2D eigenvalue weighted by molar-refractivity contribution is 6.42. The molecule has 0 aliphatic rings. The molecule has 0 atom stereocenters. The van der Waals surface area contributed by atoms with Crippen molar-refractivity contribution in [1.82, 2.24) is 0 Å². The van der Waals surface area contributed by atoms with E-state index in [0.29, 0.717) is 34.4 Å². The van der Waals surface area contributed by atoms with Crippen LogP contribution in [0.25, 0.3) is 6.08 Å². The van der Waals surface area contributed by atoms with Crippen molar-refractivity contribution in [2.75, 3.05) is 28.2 Å². The Bertz CT molecular complexity index is 837. The van der Waals surface area contributed by atoms with E-state index in [1.165, 1.54) is 15.9 Å². The molecule has 160 valence electrons. The largest absolute Gasteiger partial charge is 1.00 e. The van der Waals surface area contributed by atoms with Gasteiger partial charge in [0.2, 0.25) is 0 Å². The number of quaternary nitrogens is 2. The lowest BCUT2D eigenvalue weighted by Crippen LogP contribution is -3.04. The molecule has 29 heavy (non-hydrogen) atoms. The van der Waals surface area contributed by atoms with Gasteiger partial charge in [0.1, 0.15) is 18.8 Å². The zero-order valence-electron chi connectivity index (χ0n) is 16.8. The maximum absolute atomic E-state index is 12.4. The smallest absolute Gasteiger partial charge is 0.185 e. The molecule has 2 rings (SSSR count). The molecular weight excluding hydrogens is 454 g/mol. The average molecular weight is 480 g/mol. The van der Waals surface area contributed by atoms with Gasteiger partial charge >= 0.3 is 0 Å². The minimum absolute atomic E-state index is 0. The van der Waals surface area contributed by atoms with E-state index in [4.69, 9.17) is 23.2 Å². The number of hydrogen-bond acceptors (Lipinski definition) is 2. The quantitative estimate of drug-likeness (QED) is 0.279. The zero-order valence-corrected chi connectivity index (χ0v) is 19.8. The van der Waals surface area contributed by atoms with Crippen molar-refractivity contribution in [3.63, 3.8) is 0 Å². The number of phenols is 1. The van der Waals surface area contributed by atoms with Gasteiger partial charge in [-0.25, -0.2) is 0 Å². The van der Waals surface area contributed by atoms with Crippen molar-refractivity contribution >= 4 is 35.1 Å². The molecular formula is C21H26Cl4N2O2. The summed E-state index contributed by atoms with van der Waals surface area (Å²) in [5.74, 6) is 0.187. The molecule has 3 N–H and O–H groups in total. The highest BCUT2D eigenvalue weighted by Gasteiger charge is 2.14. The lowest BCUT2D eigenvalue weighted by atomic mass is 10.0. The Morgan fingerprint density at radius 2 is 1.45 bits per heavy atom. The van der Waals surface area contributed by atoms with Crippen LogP contribution in [0.4, 0.5) is 0 Å². The summed E-state index contributed by atoms with van der Waals surface area (Å²) >= 11 is 11.9. The maximum atomic E-state index is 12.4. The van der Waals surface area contributed by atoms with Gasteiger partial charge in [-0.15, -0.1) is 0 Å². The monoisotopic (exact) mass is 478 g/mol. The highest BCUT2D eigenvalue weighted by atomic mass is 35.5. The summed E-state index contributed by atoms with van der Waals surface area (Å²) < 4.78 is 0. The molecule has 4 nitrogen and oxygen atoms in total. The molecule has 0 bridgehead atoms. The molecule has 0 radical (unpaired) electrons. The number of nitrogens with one attached hydrogen (secondary N) is 2. The van der Waals surface area contributed by atoms with Crippen LogP contribution in [0.2, 0.25) is 10.0 Å². The minimum atomic E-state index is -0.152. The van der Waals surface area contributed by atoms with Gasteiger partial charge in [0.05, 0.1) is 38.2 Å². The number of hydrogen-bond donors (Lipinski definition) is 3. The van der Waals surface area contributed by atoms with Gasteiger partial charge in [0.15, 0.2) is 5.78 Å². The summed E-state index contributed by atoms with van der Waals surface area (Å²) in [6.07, 6.45) is 3.29. The summed E-state index contributed by atoms with van der Waals surface area (Å²) in [5.41, 5.74) is 3.11. The fraction of sp³-hybridized carbons (Fsp3) is 0.286. The fourth-order valence-corrected chi connectivity index (χ4v) is 3.13. The molecule has 0 amide bonds. The molecule has 0 aromatic heterocycles. The number of ketones is 1. The first-order chi connectivity index (χ1) is 12.7. The molecule has 0 aliphatic carbocycles. The number of aromatic hydroxyl groups is 1. The van der Waals surface area contributed by atoms with E-state index < -0.39 is 0 Å². The van der Waals surface area contributed by atoms with Crippen LogP contribution in [0, 0.1) is 0 Å². The van der Waals surface area contributed by atoms with Crippen LogP contribution in [-0.4, -0.2) is 39.1 Å². The second-order valence-electron chi connectivity index (χ2n) is 7.28. The molecule has 0 aliphatic heterocycles. The summed E-state index contributed by atoms with van der Waals surface area (Å²) in [4.78, 5) is 14.8. The SMILES string of the molecule is C[NH+](C)Cc1cc(/C=C/C(=O)c2ccc(Cl)c(Cl)c2)cc(C[NH+](C)C)c1O.[Cl-].[Cl-]. The first-order valence-electron chi connectivity index (χ1n) is 8.77. The summed E-state index contributed by atoms with van der Waals surface area (Å²) in [5, 5.41) is 11.4. The van der Waals surface area contributed by atoms with Crippen molar-refractivity contribution in [3.05, 3.63) is 68.7 Å². The van der Waals surface area contributed by atoms with Gasteiger partial charge in [-0.2, -0.15) is 0 Å². The van der Waals surface area contributed by atoms with Gasteiger partial charge in [-0.05, 0) is 42.0 Å². The maximum Gasteiger partial charge on any atom is 0.185 e. The summed E-state index contributed by atoms with van der Waals surface area (Å²) in [7, 11) is 8.14. The van der Waals surface area contributed by atoms with Crippen LogP contribution < -0.4 is 34.6 Å². The number of halogens is 4. The van der Waals surface area contributed by atoms with Crippen LogP contribution in [0.1, 0.15) is 27.0 Å². The van der Waals surface area contributed by atoms with Gasteiger partial charge in [-0.1, -0.05) is 29.3 Å². The minimum Gasteiger partial charge on any atom is -1.00 e. The lowest BCUT2D eigenvalue weighted by Gasteiger charge is -2.15. The molecule has 0 fully saturated rings. The first-order valence-corrected chi connectivity index (χ1v) is 9.53. The normalized spacial score (nSPS) is 10.9. The van der Waals surface area contributed by atoms with Gasteiger partial charge in [0.25, 0.3) is 0 Å². The summed E-state index contributed by atoms with van der Waals surface area (Å²) in [6, 6.07) is 8.68. The van der Waals surface area contributed by atoms with Gasteiger partial charge < -0.3 is 39.7 Å². The molecule has 2 aromatic rings. The Morgan fingerprint density at radius 1 is 0.931 bits per heavy atom.